The summed E-state index contributed by atoms with van der Waals surface area (Å²) in [5.74, 6) is -4.63. The second kappa shape index (κ2) is 9.33. The van der Waals surface area contributed by atoms with Crippen molar-refractivity contribution in [3.05, 3.63) is 47.8 Å². The highest BCUT2D eigenvalue weighted by Crippen LogP contribution is 2.32. The van der Waals surface area contributed by atoms with Gasteiger partial charge in [0.1, 0.15) is 22.9 Å². The van der Waals surface area contributed by atoms with Crippen molar-refractivity contribution in [2.24, 2.45) is 0 Å². The molecule has 4 rings (SSSR count). The Balaban J connectivity index is 1.50. The molecule has 0 radical (unpaired) electrons. The fourth-order valence-corrected chi connectivity index (χ4v) is 3.81. The Bertz CT molecular complexity index is 1400. The van der Waals surface area contributed by atoms with Gasteiger partial charge < -0.3 is 19.7 Å². The number of carbonyl (C=O) groups is 2. The number of fused-ring (bicyclic) bond motifs is 1. The minimum atomic E-state index is -5.02. The van der Waals surface area contributed by atoms with Crippen LogP contribution in [0.25, 0.3) is 5.65 Å². The van der Waals surface area contributed by atoms with Crippen LogP contribution in [0.5, 0.6) is 17.4 Å². The van der Waals surface area contributed by atoms with E-state index in [1.54, 1.807) is 0 Å². The number of nitrogens with zero attached hydrogens (tertiary/aromatic N) is 4. The Labute approximate surface area is 209 Å². The summed E-state index contributed by atoms with van der Waals surface area (Å²) in [6, 6.07) is 3.48. The zero-order valence-electron chi connectivity index (χ0n) is 19.6. The molecule has 1 fully saturated rings. The number of imidazole rings is 1. The fraction of sp³-hybridized carbons (Fsp3) is 0.364. The van der Waals surface area contributed by atoms with E-state index in [0.29, 0.717) is 16.7 Å². The third-order valence-electron chi connectivity index (χ3n) is 5.46. The molecule has 4 heterocycles. The lowest BCUT2D eigenvalue weighted by atomic mass is 9.91. The number of ether oxygens (including phenoxy) is 2. The molecule has 1 aliphatic rings. The summed E-state index contributed by atoms with van der Waals surface area (Å²) in [6.07, 6.45) is -7.63. The first-order valence-corrected chi connectivity index (χ1v) is 10.7. The van der Waals surface area contributed by atoms with Gasteiger partial charge in [-0.2, -0.15) is 26.3 Å². The third kappa shape index (κ3) is 5.73. The van der Waals surface area contributed by atoms with Gasteiger partial charge in [-0.15, -0.1) is 0 Å². The average molecular weight is 549 g/mol. The molecule has 0 unspecified atom stereocenters. The van der Waals surface area contributed by atoms with Crippen molar-refractivity contribution in [2.75, 3.05) is 19.7 Å². The van der Waals surface area contributed by atoms with E-state index in [4.69, 9.17) is 4.74 Å². The van der Waals surface area contributed by atoms with Crippen LogP contribution >= 0.6 is 0 Å². The quantitative estimate of drug-likeness (QED) is 0.470. The highest BCUT2D eigenvalue weighted by atomic mass is 19.4. The first kappa shape index (κ1) is 26.9. The predicted octanol–water partition coefficient (Wildman–Crippen LogP) is 3.80. The molecule has 3 aromatic heterocycles. The summed E-state index contributed by atoms with van der Waals surface area (Å²) in [4.78, 5) is 32.5. The smallest absolute Gasteiger partial charge is 0.471 e. The number of pyridine rings is 2. The maximum Gasteiger partial charge on any atom is 0.471 e. The molecule has 9 nitrogen and oxygen atoms in total. The second-order valence-electron chi connectivity index (χ2n) is 8.78. The SMILES string of the molecule is Cc1c(C(=O)NC2(C)CN(C(=O)C(F)(F)F)C2)nc2ccc(Oc3ncc(F)cc3OCC(F)(F)F)cn12. The monoisotopic (exact) mass is 549 g/mol. The number of hydrogen-bond donors (Lipinski definition) is 1. The van der Waals surface area contributed by atoms with Gasteiger partial charge in [-0.3, -0.25) is 14.0 Å². The van der Waals surface area contributed by atoms with E-state index in [1.165, 1.54) is 36.6 Å². The molecule has 0 atom stereocenters. The Kier molecular flexibility index (Phi) is 6.61. The van der Waals surface area contributed by atoms with Gasteiger partial charge in [-0.1, -0.05) is 0 Å². The molecule has 1 saturated heterocycles. The van der Waals surface area contributed by atoms with Crippen molar-refractivity contribution < 1.29 is 49.8 Å². The van der Waals surface area contributed by atoms with Crippen LogP contribution in [0.15, 0.2) is 30.6 Å². The highest BCUT2D eigenvalue weighted by Gasteiger charge is 2.51. The van der Waals surface area contributed by atoms with Crippen molar-refractivity contribution in [3.8, 4) is 17.4 Å². The fourth-order valence-electron chi connectivity index (χ4n) is 3.81. The van der Waals surface area contributed by atoms with Crippen LogP contribution in [-0.2, 0) is 4.79 Å². The molecule has 0 saturated carbocycles. The van der Waals surface area contributed by atoms with E-state index in [-0.39, 0.29) is 30.2 Å². The lowest BCUT2D eigenvalue weighted by Gasteiger charge is -2.48. The van der Waals surface area contributed by atoms with E-state index < -0.39 is 53.8 Å². The summed E-state index contributed by atoms with van der Waals surface area (Å²) < 4.78 is 100. The largest absolute Gasteiger partial charge is 0.478 e. The van der Waals surface area contributed by atoms with Crippen LogP contribution in [0.4, 0.5) is 30.7 Å². The van der Waals surface area contributed by atoms with Crippen molar-refractivity contribution in [2.45, 2.75) is 31.7 Å². The first-order valence-electron chi connectivity index (χ1n) is 10.7. The van der Waals surface area contributed by atoms with E-state index in [2.05, 4.69) is 20.0 Å². The summed E-state index contributed by atoms with van der Waals surface area (Å²) in [6.45, 7) is 0.620. The van der Waals surface area contributed by atoms with Gasteiger partial charge >= 0.3 is 18.3 Å². The lowest BCUT2D eigenvalue weighted by Crippen LogP contribution is -2.71. The molecular weight excluding hydrogens is 531 g/mol. The summed E-state index contributed by atoms with van der Waals surface area (Å²) in [7, 11) is 0. The number of halogens is 7. The summed E-state index contributed by atoms with van der Waals surface area (Å²) in [5.41, 5.74) is -0.587. The summed E-state index contributed by atoms with van der Waals surface area (Å²) in [5, 5.41) is 2.58. The van der Waals surface area contributed by atoms with Gasteiger partial charge in [-0.05, 0) is 26.0 Å². The van der Waals surface area contributed by atoms with E-state index in [9.17, 15) is 40.3 Å². The first-order chi connectivity index (χ1) is 17.5. The van der Waals surface area contributed by atoms with Gasteiger partial charge in [-0.25, -0.2) is 14.4 Å². The molecule has 0 aliphatic carbocycles. The lowest BCUT2D eigenvalue weighted by molar-refractivity contribution is -0.192. The number of amides is 2. The van der Waals surface area contributed by atoms with Crippen LogP contribution in [0.3, 0.4) is 0 Å². The van der Waals surface area contributed by atoms with Crippen LogP contribution in [0, 0.1) is 12.7 Å². The Morgan fingerprint density at radius 2 is 1.84 bits per heavy atom. The van der Waals surface area contributed by atoms with Gasteiger partial charge in [0.05, 0.1) is 23.6 Å². The van der Waals surface area contributed by atoms with E-state index in [1.807, 2.05) is 0 Å². The van der Waals surface area contributed by atoms with Gasteiger partial charge in [0.15, 0.2) is 12.4 Å². The van der Waals surface area contributed by atoms with Gasteiger partial charge in [0.2, 0.25) is 0 Å². The number of likely N-dealkylation sites (tertiary alicyclic amines) is 1. The van der Waals surface area contributed by atoms with Crippen LogP contribution in [0.1, 0.15) is 23.1 Å². The van der Waals surface area contributed by atoms with Crippen molar-refractivity contribution in [3.63, 3.8) is 0 Å². The summed E-state index contributed by atoms with van der Waals surface area (Å²) >= 11 is 0. The molecule has 0 spiro atoms. The highest BCUT2D eigenvalue weighted by molar-refractivity contribution is 5.95. The number of aromatic nitrogens is 3. The zero-order valence-corrected chi connectivity index (χ0v) is 19.6. The van der Waals surface area contributed by atoms with Crippen molar-refractivity contribution in [1.29, 1.82) is 0 Å². The molecule has 3 aromatic rings. The number of alkyl halides is 6. The maximum absolute atomic E-state index is 13.5. The minimum Gasteiger partial charge on any atom is -0.478 e. The number of nitrogens with one attached hydrogen (secondary N) is 1. The van der Waals surface area contributed by atoms with Gasteiger partial charge in [0, 0.05) is 19.2 Å². The average Bonchev–Trinajstić information content (AvgIpc) is 3.12. The molecule has 204 valence electrons. The minimum absolute atomic E-state index is 0.0354. The number of rotatable bonds is 6. The number of carbonyl (C=O) groups excluding carboxylic acids is 2. The van der Waals surface area contributed by atoms with E-state index in [0.717, 1.165) is 6.20 Å². The maximum atomic E-state index is 13.5. The molecule has 0 aromatic carbocycles. The van der Waals surface area contributed by atoms with Gasteiger partial charge in [0.25, 0.3) is 11.8 Å². The second-order valence-corrected chi connectivity index (χ2v) is 8.78. The molecule has 2 amide bonds. The Morgan fingerprint density at radius 3 is 2.47 bits per heavy atom. The number of hydrogen-bond acceptors (Lipinski definition) is 6. The molecule has 0 bridgehead atoms. The Morgan fingerprint density at radius 1 is 1.16 bits per heavy atom. The molecule has 16 heteroatoms. The van der Waals surface area contributed by atoms with E-state index >= 15 is 0 Å². The molecule has 1 aliphatic heterocycles. The van der Waals surface area contributed by atoms with Crippen LogP contribution < -0.4 is 14.8 Å². The topological polar surface area (TPSA) is 98.1 Å². The zero-order chi connectivity index (χ0) is 28.0. The standard InChI is InChI=1S/C22H18F7N5O4/c1-11-16(17(35)32-20(2)8-33(9-20)19(36)22(27,28)29)31-15-4-3-13(7-34(11)15)38-18-14(5-12(23)6-30-18)37-10-21(24,25)26/h3-7H,8-10H2,1-2H3,(H,32,35). The third-order valence-corrected chi connectivity index (χ3v) is 5.46. The predicted molar refractivity (Wildman–Crippen MR) is 114 cm³/mol. The molecule has 38 heavy (non-hydrogen) atoms. The van der Waals surface area contributed by atoms with Crippen molar-refractivity contribution >= 4 is 17.5 Å². The molecule has 1 N–H and O–H groups in total. The Hall–Kier alpha value is -4.11. The normalized spacial score (nSPS) is 15.2. The van der Waals surface area contributed by atoms with Crippen molar-refractivity contribution in [1.82, 2.24) is 24.6 Å². The molecular formula is C22H18F7N5O4. The number of aryl methyl sites for hydroxylation is 1. The van der Waals surface area contributed by atoms with Crippen LogP contribution in [-0.4, -0.2) is 68.7 Å². The van der Waals surface area contributed by atoms with Crippen LogP contribution in [0.2, 0.25) is 0 Å².